The van der Waals surface area contributed by atoms with Gasteiger partial charge in [0, 0.05) is 23.7 Å². The first kappa shape index (κ1) is 13.0. The van der Waals surface area contributed by atoms with Crippen LogP contribution in [0.25, 0.3) is 0 Å². The minimum Gasteiger partial charge on any atom is -0.359 e. The highest BCUT2D eigenvalue weighted by Gasteiger charge is 2.38. The van der Waals surface area contributed by atoms with Crippen molar-refractivity contribution in [3.63, 3.8) is 0 Å². The van der Waals surface area contributed by atoms with Crippen LogP contribution in [-0.2, 0) is 6.54 Å². The number of nitrogens with one attached hydrogen (secondary N) is 1. The fraction of sp³-hybridized carbons (Fsp3) is 0.714. The van der Waals surface area contributed by atoms with E-state index in [0.717, 1.165) is 11.7 Å². The van der Waals surface area contributed by atoms with Gasteiger partial charge in [-0.05, 0) is 25.8 Å². The van der Waals surface area contributed by atoms with E-state index in [1.165, 1.54) is 37.9 Å². The molecule has 1 aliphatic heterocycles. The zero-order valence-electron chi connectivity index (χ0n) is 11.5. The van der Waals surface area contributed by atoms with Gasteiger partial charge in [0.25, 0.3) is 0 Å². The molecule has 1 unspecified atom stereocenters. The molecule has 1 N–H and O–H groups in total. The van der Waals surface area contributed by atoms with Gasteiger partial charge in [0.05, 0.1) is 12.6 Å². The van der Waals surface area contributed by atoms with Gasteiger partial charge in [-0.3, -0.25) is 9.67 Å². The smallest absolute Gasteiger partial charge is 0.157 e. The Morgan fingerprint density at radius 3 is 3.05 bits per heavy atom. The third kappa shape index (κ3) is 3.14. The van der Waals surface area contributed by atoms with Gasteiger partial charge in [-0.2, -0.15) is 5.10 Å². The first-order valence-corrected chi connectivity index (χ1v) is 8.21. The Hall–Kier alpha value is -0.970. The molecule has 4 nitrogen and oxygen atoms in total. The lowest BCUT2D eigenvalue weighted by atomic mass is 9.83. The summed E-state index contributed by atoms with van der Waals surface area (Å²) in [6, 6.07) is 2.23. The molecule has 1 aromatic heterocycles. The summed E-state index contributed by atoms with van der Waals surface area (Å²) in [5.74, 6) is 1.19. The molecule has 104 valence electrons. The maximum Gasteiger partial charge on any atom is 0.157 e. The van der Waals surface area contributed by atoms with Crippen LogP contribution in [0.15, 0.2) is 23.5 Å². The van der Waals surface area contributed by atoms with Crippen LogP contribution in [0, 0.1) is 0 Å². The Morgan fingerprint density at radius 2 is 2.32 bits per heavy atom. The van der Waals surface area contributed by atoms with Crippen molar-refractivity contribution in [3.05, 3.63) is 18.5 Å². The second-order valence-electron chi connectivity index (χ2n) is 5.77. The SMILES string of the molecule is CC(Cn1cccn1)N=C1NC2(CCCCC2)CS1. The number of thioether (sulfide) groups is 1. The highest BCUT2D eigenvalue weighted by Crippen LogP contribution is 2.36. The van der Waals surface area contributed by atoms with E-state index in [2.05, 4.69) is 17.3 Å². The van der Waals surface area contributed by atoms with E-state index in [-0.39, 0.29) is 6.04 Å². The van der Waals surface area contributed by atoms with E-state index in [0.29, 0.717) is 5.54 Å². The Bertz CT molecular complexity index is 434. The van der Waals surface area contributed by atoms with Gasteiger partial charge in [-0.1, -0.05) is 31.0 Å². The van der Waals surface area contributed by atoms with Crippen LogP contribution in [0.3, 0.4) is 0 Å². The van der Waals surface area contributed by atoms with Gasteiger partial charge in [-0.25, -0.2) is 0 Å². The van der Waals surface area contributed by atoms with E-state index in [1.54, 1.807) is 0 Å². The molecule has 1 atom stereocenters. The lowest BCUT2D eigenvalue weighted by Gasteiger charge is -2.32. The third-order valence-electron chi connectivity index (χ3n) is 4.02. The largest absolute Gasteiger partial charge is 0.359 e. The van der Waals surface area contributed by atoms with Crippen LogP contribution in [0.5, 0.6) is 0 Å². The minimum atomic E-state index is 0.272. The van der Waals surface area contributed by atoms with Crippen molar-refractivity contribution in [2.75, 3.05) is 5.75 Å². The number of rotatable bonds is 3. The molecular formula is C14H22N4S. The second kappa shape index (κ2) is 5.57. The Morgan fingerprint density at radius 1 is 1.47 bits per heavy atom. The summed E-state index contributed by atoms with van der Waals surface area (Å²) in [6.45, 7) is 3.01. The van der Waals surface area contributed by atoms with E-state index < -0.39 is 0 Å². The highest BCUT2D eigenvalue weighted by atomic mass is 32.2. The fourth-order valence-corrected chi connectivity index (χ4v) is 4.31. The van der Waals surface area contributed by atoms with Crippen molar-refractivity contribution in [1.82, 2.24) is 15.1 Å². The molecule has 3 rings (SSSR count). The van der Waals surface area contributed by atoms with Crippen LogP contribution in [0.4, 0.5) is 0 Å². The van der Waals surface area contributed by atoms with Crippen molar-refractivity contribution in [3.8, 4) is 0 Å². The Balaban J connectivity index is 1.58. The van der Waals surface area contributed by atoms with Crippen LogP contribution in [0.1, 0.15) is 39.0 Å². The molecular weight excluding hydrogens is 256 g/mol. The van der Waals surface area contributed by atoms with Crippen LogP contribution < -0.4 is 5.32 Å². The van der Waals surface area contributed by atoms with E-state index in [4.69, 9.17) is 4.99 Å². The molecule has 0 bridgehead atoms. The number of aliphatic imine (C=N–C) groups is 1. The topological polar surface area (TPSA) is 42.2 Å². The summed E-state index contributed by atoms with van der Waals surface area (Å²) < 4.78 is 1.95. The summed E-state index contributed by atoms with van der Waals surface area (Å²) in [5.41, 5.74) is 0.354. The van der Waals surface area contributed by atoms with Crippen LogP contribution in [-0.4, -0.2) is 32.3 Å². The summed E-state index contributed by atoms with van der Waals surface area (Å²) >= 11 is 1.90. The summed E-state index contributed by atoms with van der Waals surface area (Å²) in [4.78, 5) is 4.81. The molecule has 0 radical (unpaired) electrons. The summed E-state index contributed by atoms with van der Waals surface area (Å²) in [7, 11) is 0. The van der Waals surface area contributed by atoms with E-state index in [9.17, 15) is 0 Å². The zero-order chi connectivity index (χ0) is 13.1. The van der Waals surface area contributed by atoms with Crippen molar-refractivity contribution in [2.45, 2.75) is 57.2 Å². The lowest BCUT2D eigenvalue weighted by molar-refractivity contribution is 0.303. The minimum absolute atomic E-state index is 0.272. The molecule has 2 fully saturated rings. The van der Waals surface area contributed by atoms with Gasteiger partial charge >= 0.3 is 0 Å². The number of hydrogen-bond donors (Lipinski definition) is 1. The molecule has 2 heterocycles. The maximum absolute atomic E-state index is 4.81. The fourth-order valence-electron chi connectivity index (χ4n) is 2.99. The van der Waals surface area contributed by atoms with E-state index in [1.807, 2.05) is 34.9 Å². The van der Waals surface area contributed by atoms with Gasteiger partial charge in [0.2, 0.25) is 0 Å². The molecule has 5 heteroatoms. The molecule has 1 saturated heterocycles. The predicted molar refractivity (Wildman–Crippen MR) is 80.5 cm³/mol. The quantitative estimate of drug-likeness (QED) is 0.924. The van der Waals surface area contributed by atoms with Gasteiger partial charge in [0.1, 0.15) is 0 Å². The van der Waals surface area contributed by atoms with Gasteiger partial charge in [0.15, 0.2) is 5.17 Å². The molecule has 1 spiro atoms. The zero-order valence-corrected chi connectivity index (χ0v) is 12.3. The van der Waals surface area contributed by atoms with Crippen LogP contribution >= 0.6 is 11.8 Å². The first-order chi connectivity index (χ1) is 9.26. The standard InChI is InChI=1S/C14H22N4S/c1-12(10-18-9-5-8-15-18)16-13-17-14(11-19-13)6-3-2-4-7-14/h5,8-9,12H,2-4,6-7,10-11H2,1H3,(H,16,17). The average molecular weight is 278 g/mol. The number of nitrogens with zero attached hydrogens (tertiary/aromatic N) is 3. The van der Waals surface area contributed by atoms with Crippen molar-refractivity contribution < 1.29 is 0 Å². The molecule has 2 aliphatic rings. The number of hydrogen-bond acceptors (Lipinski definition) is 3. The lowest BCUT2D eigenvalue weighted by Crippen LogP contribution is -2.45. The molecule has 1 aliphatic carbocycles. The molecule has 1 saturated carbocycles. The van der Waals surface area contributed by atoms with Crippen molar-refractivity contribution in [2.24, 2.45) is 4.99 Å². The Kier molecular flexibility index (Phi) is 3.82. The van der Waals surface area contributed by atoms with Gasteiger partial charge < -0.3 is 5.32 Å². The second-order valence-corrected chi connectivity index (χ2v) is 6.73. The highest BCUT2D eigenvalue weighted by molar-refractivity contribution is 8.14. The van der Waals surface area contributed by atoms with Crippen molar-refractivity contribution in [1.29, 1.82) is 0 Å². The molecule has 0 aromatic carbocycles. The van der Waals surface area contributed by atoms with E-state index >= 15 is 0 Å². The average Bonchev–Trinajstić information content (AvgIpc) is 3.02. The summed E-state index contributed by atoms with van der Waals surface area (Å²) in [6.07, 6.45) is 10.6. The normalized spacial score (nSPS) is 25.6. The number of amidine groups is 1. The maximum atomic E-state index is 4.81. The third-order valence-corrected chi connectivity index (χ3v) is 5.19. The molecule has 0 amide bonds. The number of aromatic nitrogens is 2. The first-order valence-electron chi connectivity index (χ1n) is 7.22. The van der Waals surface area contributed by atoms with Crippen LogP contribution in [0.2, 0.25) is 0 Å². The monoisotopic (exact) mass is 278 g/mol. The Labute approximate surface area is 119 Å². The molecule has 1 aromatic rings. The molecule has 19 heavy (non-hydrogen) atoms. The van der Waals surface area contributed by atoms with Crippen molar-refractivity contribution >= 4 is 16.9 Å². The summed E-state index contributed by atoms with van der Waals surface area (Å²) in [5, 5.41) is 9.07. The predicted octanol–water partition coefficient (Wildman–Crippen LogP) is 2.67. The van der Waals surface area contributed by atoms with Gasteiger partial charge in [-0.15, -0.1) is 0 Å².